The van der Waals surface area contributed by atoms with Crippen molar-refractivity contribution in [2.45, 2.75) is 13.8 Å². The van der Waals surface area contributed by atoms with Crippen LogP contribution in [0.2, 0.25) is 0 Å². The van der Waals surface area contributed by atoms with Gasteiger partial charge in [0.15, 0.2) is 0 Å². The van der Waals surface area contributed by atoms with Crippen molar-refractivity contribution >= 4 is 11.6 Å². The molecular weight excluding hydrogens is 245 g/mol. The van der Waals surface area contributed by atoms with E-state index in [-0.39, 0.29) is 11.3 Å². The first-order valence-electron chi connectivity index (χ1n) is 5.85. The maximum absolute atomic E-state index is 13.8. The first-order chi connectivity index (χ1) is 8.99. The summed E-state index contributed by atoms with van der Waals surface area (Å²) < 4.78 is 13.8. The van der Waals surface area contributed by atoms with E-state index in [0.717, 1.165) is 0 Å². The Labute approximate surface area is 110 Å². The van der Waals surface area contributed by atoms with Gasteiger partial charge in [-0.2, -0.15) is 0 Å². The van der Waals surface area contributed by atoms with Crippen LogP contribution in [0.4, 0.5) is 10.1 Å². The van der Waals surface area contributed by atoms with E-state index in [0.29, 0.717) is 16.8 Å². The minimum Gasteiger partial charge on any atom is -0.508 e. The third kappa shape index (κ3) is 2.73. The van der Waals surface area contributed by atoms with Crippen LogP contribution in [0.1, 0.15) is 21.5 Å². The van der Waals surface area contributed by atoms with Gasteiger partial charge in [0.2, 0.25) is 0 Å². The van der Waals surface area contributed by atoms with Crippen LogP contribution in [-0.4, -0.2) is 11.0 Å². The number of phenolic OH excluding ortho intramolecular Hbond substituents is 1. The van der Waals surface area contributed by atoms with Crippen LogP contribution in [0, 0.1) is 19.7 Å². The molecule has 0 radical (unpaired) electrons. The first-order valence-corrected chi connectivity index (χ1v) is 5.85. The molecule has 2 N–H and O–H groups in total. The summed E-state index contributed by atoms with van der Waals surface area (Å²) in [6, 6.07) is 9.35. The van der Waals surface area contributed by atoms with Crippen LogP contribution in [0.25, 0.3) is 0 Å². The van der Waals surface area contributed by atoms with Crippen LogP contribution >= 0.6 is 0 Å². The maximum Gasteiger partial charge on any atom is 0.258 e. The number of aryl methyl sites for hydroxylation is 2. The van der Waals surface area contributed by atoms with E-state index < -0.39 is 11.7 Å². The molecule has 0 aliphatic rings. The molecule has 0 spiro atoms. The third-order valence-electron chi connectivity index (χ3n) is 2.89. The smallest absolute Gasteiger partial charge is 0.258 e. The van der Waals surface area contributed by atoms with Crippen molar-refractivity contribution in [3.63, 3.8) is 0 Å². The largest absolute Gasteiger partial charge is 0.508 e. The Morgan fingerprint density at radius 1 is 1.16 bits per heavy atom. The molecule has 0 heterocycles. The number of anilines is 1. The van der Waals surface area contributed by atoms with Gasteiger partial charge in [-0.15, -0.1) is 0 Å². The second-order valence-electron chi connectivity index (χ2n) is 4.39. The van der Waals surface area contributed by atoms with E-state index >= 15 is 0 Å². The van der Waals surface area contributed by atoms with Gasteiger partial charge >= 0.3 is 0 Å². The second kappa shape index (κ2) is 5.10. The Bertz CT molecular complexity index is 638. The summed E-state index contributed by atoms with van der Waals surface area (Å²) in [5, 5.41) is 12.0. The van der Waals surface area contributed by atoms with Crippen molar-refractivity contribution < 1.29 is 14.3 Å². The van der Waals surface area contributed by atoms with Crippen LogP contribution in [0.5, 0.6) is 5.75 Å². The fourth-order valence-corrected chi connectivity index (χ4v) is 1.75. The monoisotopic (exact) mass is 259 g/mol. The van der Waals surface area contributed by atoms with Gasteiger partial charge in [0.1, 0.15) is 11.6 Å². The maximum atomic E-state index is 13.8. The molecule has 2 aromatic rings. The molecule has 1 amide bonds. The van der Waals surface area contributed by atoms with Gasteiger partial charge in [-0.05, 0) is 49.2 Å². The highest BCUT2D eigenvalue weighted by Crippen LogP contribution is 2.21. The molecule has 0 atom stereocenters. The number of rotatable bonds is 2. The quantitative estimate of drug-likeness (QED) is 0.812. The molecule has 98 valence electrons. The number of aromatic hydroxyl groups is 1. The third-order valence-corrected chi connectivity index (χ3v) is 2.89. The number of amides is 1. The fraction of sp³-hybridized carbons (Fsp3) is 0.133. The highest BCUT2D eigenvalue weighted by atomic mass is 19.1. The molecule has 2 rings (SSSR count). The van der Waals surface area contributed by atoms with Crippen molar-refractivity contribution in [3.05, 3.63) is 58.9 Å². The van der Waals surface area contributed by atoms with Gasteiger partial charge in [-0.25, -0.2) is 4.39 Å². The number of carbonyl (C=O) groups excluding carboxylic acids is 1. The number of phenols is 1. The van der Waals surface area contributed by atoms with Gasteiger partial charge in [0, 0.05) is 5.69 Å². The zero-order valence-corrected chi connectivity index (χ0v) is 10.7. The van der Waals surface area contributed by atoms with Crippen molar-refractivity contribution in [1.82, 2.24) is 0 Å². The van der Waals surface area contributed by atoms with E-state index in [2.05, 4.69) is 5.32 Å². The van der Waals surface area contributed by atoms with Gasteiger partial charge in [-0.3, -0.25) is 4.79 Å². The molecule has 2 aromatic carbocycles. The molecular formula is C15H14FNO2. The summed E-state index contributed by atoms with van der Waals surface area (Å²) in [7, 11) is 0. The normalized spacial score (nSPS) is 10.3. The average molecular weight is 259 g/mol. The molecule has 0 aliphatic carbocycles. The standard InChI is InChI=1S/C15H14FNO2/c1-9-4-3-5-12(14(9)16)15(19)17-11-6-7-13(18)10(2)8-11/h3-8,18H,1-2H3,(H,17,19). The summed E-state index contributed by atoms with van der Waals surface area (Å²) in [4.78, 5) is 12.0. The first kappa shape index (κ1) is 13.1. The van der Waals surface area contributed by atoms with Gasteiger partial charge in [-0.1, -0.05) is 12.1 Å². The molecule has 3 nitrogen and oxygen atoms in total. The zero-order valence-electron chi connectivity index (χ0n) is 10.7. The van der Waals surface area contributed by atoms with Crippen LogP contribution in [0.15, 0.2) is 36.4 Å². The van der Waals surface area contributed by atoms with E-state index in [1.54, 1.807) is 38.1 Å². The Kier molecular flexibility index (Phi) is 3.51. The van der Waals surface area contributed by atoms with Gasteiger partial charge in [0.05, 0.1) is 5.56 Å². The fourth-order valence-electron chi connectivity index (χ4n) is 1.75. The average Bonchev–Trinajstić information content (AvgIpc) is 2.37. The lowest BCUT2D eigenvalue weighted by Crippen LogP contribution is -2.14. The molecule has 0 fully saturated rings. The van der Waals surface area contributed by atoms with Gasteiger partial charge < -0.3 is 10.4 Å². The summed E-state index contributed by atoms with van der Waals surface area (Å²) in [5.41, 5.74) is 1.59. The van der Waals surface area contributed by atoms with Crippen LogP contribution < -0.4 is 5.32 Å². The molecule has 19 heavy (non-hydrogen) atoms. The Morgan fingerprint density at radius 2 is 1.89 bits per heavy atom. The number of hydrogen-bond acceptors (Lipinski definition) is 2. The van der Waals surface area contributed by atoms with Crippen molar-refractivity contribution in [1.29, 1.82) is 0 Å². The molecule has 0 bridgehead atoms. The Hall–Kier alpha value is -2.36. The number of carbonyl (C=O) groups is 1. The van der Waals surface area contributed by atoms with Crippen molar-refractivity contribution in [2.24, 2.45) is 0 Å². The predicted octanol–water partition coefficient (Wildman–Crippen LogP) is 3.40. The van der Waals surface area contributed by atoms with Crippen LogP contribution in [0.3, 0.4) is 0 Å². The summed E-state index contributed by atoms with van der Waals surface area (Å²) in [6.45, 7) is 3.33. The van der Waals surface area contributed by atoms with E-state index in [9.17, 15) is 14.3 Å². The SMILES string of the molecule is Cc1cc(NC(=O)c2cccc(C)c2F)ccc1O. The lowest BCUT2D eigenvalue weighted by atomic mass is 10.1. The number of halogens is 1. The summed E-state index contributed by atoms with van der Waals surface area (Å²) in [6.07, 6.45) is 0. The number of benzene rings is 2. The Balaban J connectivity index is 2.26. The lowest BCUT2D eigenvalue weighted by molar-refractivity contribution is 0.102. The van der Waals surface area contributed by atoms with Crippen molar-refractivity contribution in [3.8, 4) is 5.75 Å². The van der Waals surface area contributed by atoms with Gasteiger partial charge in [0.25, 0.3) is 5.91 Å². The molecule has 0 saturated heterocycles. The Morgan fingerprint density at radius 3 is 2.58 bits per heavy atom. The highest BCUT2D eigenvalue weighted by molar-refractivity contribution is 6.04. The lowest BCUT2D eigenvalue weighted by Gasteiger charge is -2.08. The van der Waals surface area contributed by atoms with Crippen LogP contribution in [-0.2, 0) is 0 Å². The summed E-state index contributed by atoms with van der Waals surface area (Å²) in [5.74, 6) is -0.874. The molecule has 0 aliphatic heterocycles. The second-order valence-corrected chi connectivity index (χ2v) is 4.39. The van der Waals surface area contributed by atoms with E-state index in [4.69, 9.17) is 0 Å². The minimum atomic E-state index is -0.518. The molecule has 0 aromatic heterocycles. The number of nitrogens with one attached hydrogen (secondary N) is 1. The van der Waals surface area contributed by atoms with E-state index in [1.807, 2.05) is 0 Å². The van der Waals surface area contributed by atoms with E-state index in [1.165, 1.54) is 12.1 Å². The molecule has 0 saturated carbocycles. The predicted molar refractivity (Wildman–Crippen MR) is 71.9 cm³/mol. The molecule has 0 unspecified atom stereocenters. The summed E-state index contributed by atoms with van der Waals surface area (Å²) >= 11 is 0. The highest BCUT2D eigenvalue weighted by Gasteiger charge is 2.13. The minimum absolute atomic E-state index is 0.00530. The molecule has 4 heteroatoms. The number of hydrogen-bond donors (Lipinski definition) is 2. The topological polar surface area (TPSA) is 49.3 Å². The van der Waals surface area contributed by atoms with Crippen molar-refractivity contribution in [2.75, 3.05) is 5.32 Å². The zero-order chi connectivity index (χ0) is 14.0.